The number of anilines is 2. The molecule has 0 radical (unpaired) electrons. The first-order chi connectivity index (χ1) is 15.5. The van der Waals surface area contributed by atoms with Crippen LogP contribution < -0.4 is 30.2 Å². The van der Waals surface area contributed by atoms with Gasteiger partial charge in [0.2, 0.25) is 12.7 Å². The molecule has 0 unspecified atom stereocenters. The van der Waals surface area contributed by atoms with Crippen LogP contribution in [0, 0.1) is 6.92 Å². The van der Waals surface area contributed by atoms with Gasteiger partial charge in [0.25, 0.3) is 0 Å². The molecule has 0 saturated heterocycles. The lowest BCUT2D eigenvalue weighted by molar-refractivity contribution is -0.115. The number of carbonyl (C=O) groups excluding carboxylic acids is 2. The molecule has 32 heavy (non-hydrogen) atoms. The molecule has 1 heterocycles. The summed E-state index contributed by atoms with van der Waals surface area (Å²) in [6.45, 7) is 2.31. The molecule has 3 aromatic rings. The Hall–Kier alpha value is -4.20. The van der Waals surface area contributed by atoms with Crippen molar-refractivity contribution in [3.05, 3.63) is 77.9 Å². The molecule has 0 fully saturated rings. The molecule has 0 aromatic heterocycles. The van der Waals surface area contributed by atoms with Crippen molar-refractivity contribution >= 4 is 23.3 Å². The predicted molar refractivity (Wildman–Crippen MR) is 120 cm³/mol. The maximum absolute atomic E-state index is 12.2. The molecule has 3 N–H and O–H groups in total. The second kappa shape index (κ2) is 9.74. The van der Waals surface area contributed by atoms with E-state index in [1.807, 2.05) is 49.4 Å². The Morgan fingerprint density at radius 2 is 1.69 bits per heavy atom. The quantitative estimate of drug-likeness (QED) is 0.522. The molecule has 0 aliphatic carbocycles. The average Bonchev–Trinajstić information content (AvgIpc) is 3.25. The highest BCUT2D eigenvalue weighted by atomic mass is 16.7. The second-order valence-corrected chi connectivity index (χ2v) is 7.23. The summed E-state index contributed by atoms with van der Waals surface area (Å²) in [5.41, 5.74) is 3.19. The number of hydrogen-bond donors (Lipinski definition) is 3. The first-order valence-electron chi connectivity index (χ1n) is 10.1. The number of fused-ring (bicyclic) bond motifs is 1. The number of carbonyl (C=O) groups is 2. The highest BCUT2D eigenvalue weighted by Crippen LogP contribution is 2.35. The van der Waals surface area contributed by atoms with Gasteiger partial charge < -0.3 is 30.2 Å². The zero-order chi connectivity index (χ0) is 22.3. The Balaban J connectivity index is 1.25. The van der Waals surface area contributed by atoms with E-state index in [-0.39, 0.29) is 19.2 Å². The van der Waals surface area contributed by atoms with E-state index in [0.717, 1.165) is 11.1 Å². The van der Waals surface area contributed by atoms with Crippen LogP contribution in [0.25, 0.3) is 0 Å². The highest BCUT2D eigenvalue weighted by molar-refractivity contribution is 5.97. The van der Waals surface area contributed by atoms with Crippen molar-refractivity contribution in [2.24, 2.45) is 0 Å². The van der Waals surface area contributed by atoms with Gasteiger partial charge in [-0.05, 0) is 54.4 Å². The Morgan fingerprint density at radius 1 is 0.906 bits per heavy atom. The summed E-state index contributed by atoms with van der Waals surface area (Å²) >= 11 is 0. The topological polar surface area (TPSA) is 97.9 Å². The van der Waals surface area contributed by atoms with Gasteiger partial charge in [-0.1, -0.05) is 24.3 Å². The Kier molecular flexibility index (Phi) is 6.41. The van der Waals surface area contributed by atoms with Crippen LogP contribution in [0.15, 0.2) is 66.7 Å². The van der Waals surface area contributed by atoms with Gasteiger partial charge in [0.05, 0.1) is 6.54 Å². The number of hydrogen-bond acceptors (Lipinski definition) is 5. The smallest absolute Gasteiger partial charge is 0.319 e. The Bertz CT molecular complexity index is 1130. The standard InChI is InChI=1S/C24H23N3O5/c1-16-4-2-6-18(10-16)27-24(29)25-13-23(28)26-19-7-3-5-17(11-19)14-30-20-8-9-21-22(12-20)32-15-31-21/h2-12H,13-15H2,1H3,(H,26,28)(H2,25,27,29). The maximum atomic E-state index is 12.2. The van der Waals surface area contributed by atoms with E-state index >= 15 is 0 Å². The number of urea groups is 1. The van der Waals surface area contributed by atoms with Crippen molar-refractivity contribution in [2.45, 2.75) is 13.5 Å². The van der Waals surface area contributed by atoms with Crippen LogP contribution in [0.4, 0.5) is 16.2 Å². The summed E-state index contributed by atoms with van der Waals surface area (Å²) in [5.74, 6) is 1.68. The van der Waals surface area contributed by atoms with Crippen molar-refractivity contribution in [1.82, 2.24) is 5.32 Å². The van der Waals surface area contributed by atoms with Crippen LogP contribution in [-0.2, 0) is 11.4 Å². The first kappa shape index (κ1) is 21.0. The van der Waals surface area contributed by atoms with Gasteiger partial charge in [-0.2, -0.15) is 0 Å². The third kappa shape index (κ3) is 5.69. The van der Waals surface area contributed by atoms with Gasteiger partial charge >= 0.3 is 6.03 Å². The van der Waals surface area contributed by atoms with Crippen LogP contribution >= 0.6 is 0 Å². The summed E-state index contributed by atoms with van der Waals surface area (Å²) in [6.07, 6.45) is 0. The van der Waals surface area contributed by atoms with Gasteiger partial charge in [0, 0.05) is 17.4 Å². The van der Waals surface area contributed by atoms with E-state index in [4.69, 9.17) is 14.2 Å². The molecule has 164 valence electrons. The molecule has 8 nitrogen and oxygen atoms in total. The number of rotatable bonds is 7. The van der Waals surface area contributed by atoms with Crippen molar-refractivity contribution in [2.75, 3.05) is 24.0 Å². The molecule has 1 aliphatic heterocycles. The summed E-state index contributed by atoms with van der Waals surface area (Å²) in [4.78, 5) is 24.2. The largest absolute Gasteiger partial charge is 0.489 e. The minimum atomic E-state index is -0.448. The van der Waals surface area contributed by atoms with Crippen molar-refractivity contribution in [3.8, 4) is 17.2 Å². The SMILES string of the molecule is Cc1cccc(NC(=O)NCC(=O)Nc2cccc(COc3ccc4c(c3)OCO4)c2)c1. The van der Waals surface area contributed by atoms with Gasteiger partial charge in [-0.25, -0.2) is 4.79 Å². The fourth-order valence-corrected chi connectivity index (χ4v) is 3.14. The fraction of sp³-hybridized carbons (Fsp3) is 0.167. The molecule has 4 rings (SSSR count). The number of aryl methyl sites for hydroxylation is 1. The summed E-state index contributed by atoms with van der Waals surface area (Å²) in [6, 6.07) is 19.7. The highest BCUT2D eigenvalue weighted by Gasteiger charge is 2.14. The molecule has 0 atom stereocenters. The number of nitrogens with one attached hydrogen (secondary N) is 3. The van der Waals surface area contributed by atoms with Crippen LogP contribution in [0.3, 0.4) is 0 Å². The van der Waals surface area contributed by atoms with Crippen molar-refractivity contribution in [3.63, 3.8) is 0 Å². The summed E-state index contributed by atoms with van der Waals surface area (Å²) in [7, 11) is 0. The van der Waals surface area contributed by atoms with E-state index in [1.54, 1.807) is 24.3 Å². The summed E-state index contributed by atoms with van der Waals surface area (Å²) < 4.78 is 16.4. The number of benzene rings is 3. The van der Waals surface area contributed by atoms with E-state index < -0.39 is 6.03 Å². The predicted octanol–water partition coefficient (Wildman–Crippen LogP) is 4.06. The molecule has 0 spiro atoms. The van der Waals surface area contributed by atoms with E-state index in [9.17, 15) is 9.59 Å². The molecule has 3 aromatic carbocycles. The molecular formula is C24H23N3O5. The zero-order valence-electron chi connectivity index (χ0n) is 17.5. The normalized spacial score (nSPS) is 11.5. The first-order valence-corrected chi connectivity index (χ1v) is 10.1. The van der Waals surface area contributed by atoms with Gasteiger partial charge in [0.1, 0.15) is 12.4 Å². The summed E-state index contributed by atoms with van der Waals surface area (Å²) in [5, 5.41) is 8.01. The Labute approximate surface area is 185 Å². The Morgan fingerprint density at radius 3 is 2.53 bits per heavy atom. The molecule has 0 saturated carbocycles. The molecule has 3 amide bonds. The van der Waals surface area contributed by atoms with Crippen molar-refractivity contribution in [1.29, 1.82) is 0 Å². The molecular weight excluding hydrogens is 410 g/mol. The van der Waals surface area contributed by atoms with E-state index in [2.05, 4.69) is 16.0 Å². The molecule has 1 aliphatic rings. The van der Waals surface area contributed by atoms with Gasteiger partial charge in [0.15, 0.2) is 11.5 Å². The van der Waals surface area contributed by atoms with E-state index in [0.29, 0.717) is 35.2 Å². The molecule has 0 bridgehead atoms. The number of ether oxygens (including phenoxy) is 3. The van der Waals surface area contributed by atoms with Crippen LogP contribution in [-0.4, -0.2) is 25.3 Å². The van der Waals surface area contributed by atoms with Crippen LogP contribution in [0.5, 0.6) is 17.2 Å². The zero-order valence-corrected chi connectivity index (χ0v) is 17.5. The fourth-order valence-electron chi connectivity index (χ4n) is 3.14. The van der Waals surface area contributed by atoms with Gasteiger partial charge in [-0.3, -0.25) is 4.79 Å². The van der Waals surface area contributed by atoms with Gasteiger partial charge in [-0.15, -0.1) is 0 Å². The minimum absolute atomic E-state index is 0.157. The molecule has 8 heteroatoms. The third-order valence-electron chi connectivity index (χ3n) is 4.65. The lowest BCUT2D eigenvalue weighted by Gasteiger charge is -2.11. The van der Waals surface area contributed by atoms with Crippen LogP contribution in [0.1, 0.15) is 11.1 Å². The second-order valence-electron chi connectivity index (χ2n) is 7.23. The number of amides is 3. The van der Waals surface area contributed by atoms with Crippen molar-refractivity contribution < 1.29 is 23.8 Å². The average molecular weight is 433 g/mol. The lowest BCUT2D eigenvalue weighted by atomic mass is 10.2. The maximum Gasteiger partial charge on any atom is 0.319 e. The minimum Gasteiger partial charge on any atom is -0.489 e. The van der Waals surface area contributed by atoms with Crippen LogP contribution in [0.2, 0.25) is 0 Å². The lowest BCUT2D eigenvalue weighted by Crippen LogP contribution is -2.35. The van der Waals surface area contributed by atoms with E-state index in [1.165, 1.54) is 0 Å². The third-order valence-corrected chi connectivity index (χ3v) is 4.65. The monoisotopic (exact) mass is 433 g/mol.